The molecule has 0 aromatic heterocycles. The molecule has 2 aromatic rings. The van der Waals surface area contributed by atoms with Crippen molar-refractivity contribution < 1.29 is 9.47 Å². The highest BCUT2D eigenvalue weighted by molar-refractivity contribution is 6.39. The van der Waals surface area contributed by atoms with Crippen LogP contribution in [0.4, 0.5) is 0 Å². The molecule has 4 rings (SSSR count). The molecule has 0 unspecified atom stereocenters. The van der Waals surface area contributed by atoms with Crippen LogP contribution < -0.4 is 15.3 Å². The van der Waals surface area contributed by atoms with E-state index in [1.54, 1.807) is 25.4 Å². The summed E-state index contributed by atoms with van der Waals surface area (Å²) < 4.78 is 10.6. The predicted molar refractivity (Wildman–Crippen MR) is 115 cm³/mol. The Bertz CT molecular complexity index is 1020. The molecule has 0 bridgehead atoms. The number of nitrogens with zero attached hydrogens (tertiary/aromatic N) is 4. The third-order valence-corrected chi connectivity index (χ3v) is 5.30. The summed E-state index contributed by atoms with van der Waals surface area (Å²) in [6.07, 6.45) is 3.54. The van der Waals surface area contributed by atoms with Crippen molar-refractivity contribution in [2.75, 3.05) is 14.2 Å². The maximum Gasteiger partial charge on any atom is 0.162 e. The molecule has 7 nitrogen and oxygen atoms in total. The SMILES string of the molecule is C=C1N=CC(c2cccc(OC)c2)=NN1/C(=N\N)C1(c2ccc(OC)cc2)CC1. The number of amidine groups is 1. The number of benzene rings is 2. The zero-order chi connectivity index (χ0) is 20.4. The van der Waals surface area contributed by atoms with Gasteiger partial charge in [0.25, 0.3) is 0 Å². The third-order valence-electron chi connectivity index (χ3n) is 5.30. The van der Waals surface area contributed by atoms with Crippen LogP contribution in [0, 0.1) is 0 Å². The molecule has 2 aromatic carbocycles. The van der Waals surface area contributed by atoms with Gasteiger partial charge < -0.3 is 15.3 Å². The average Bonchev–Trinajstić information content (AvgIpc) is 3.57. The molecule has 0 amide bonds. The van der Waals surface area contributed by atoms with E-state index in [1.165, 1.54) is 0 Å². The van der Waals surface area contributed by atoms with Crippen LogP contribution >= 0.6 is 0 Å². The van der Waals surface area contributed by atoms with Crippen LogP contribution in [0.25, 0.3) is 0 Å². The third kappa shape index (κ3) is 3.35. The van der Waals surface area contributed by atoms with E-state index in [1.807, 2.05) is 48.5 Å². The van der Waals surface area contributed by atoms with Gasteiger partial charge in [0, 0.05) is 5.56 Å². The molecule has 1 saturated carbocycles. The Morgan fingerprint density at radius 1 is 1.10 bits per heavy atom. The van der Waals surface area contributed by atoms with Crippen molar-refractivity contribution in [3.63, 3.8) is 0 Å². The first kappa shape index (κ1) is 18.7. The summed E-state index contributed by atoms with van der Waals surface area (Å²) in [5.41, 5.74) is 2.38. The maximum absolute atomic E-state index is 5.85. The smallest absolute Gasteiger partial charge is 0.162 e. The molecule has 0 atom stereocenters. The van der Waals surface area contributed by atoms with E-state index in [0.29, 0.717) is 17.4 Å². The molecule has 2 N–H and O–H groups in total. The summed E-state index contributed by atoms with van der Waals surface area (Å²) in [5.74, 6) is 8.51. The van der Waals surface area contributed by atoms with Gasteiger partial charge in [-0.2, -0.15) is 15.2 Å². The van der Waals surface area contributed by atoms with Crippen molar-refractivity contribution in [2.45, 2.75) is 18.3 Å². The summed E-state index contributed by atoms with van der Waals surface area (Å²) >= 11 is 0. The van der Waals surface area contributed by atoms with Gasteiger partial charge in [0.05, 0.1) is 25.8 Å². The van der Waals surface area contributed by atoms with Crippen molar-refractivity contribution >= 4 is 17.8 Å². The van der Waals surface area contributed by atoms with Crippen molar-refractivity contribution in [1.82, 2.24) is 5.01 Å². The highest BCUT2D eigenvalue weighted by atomic mass is 16.5. The summed E-state index contributed by atoms with van der Waals surface area (Å²) in [4.78, 5) is 4.43. The number of hydrogen-bond acceptors (Lipinski definition) is 6. The number of rotatable bonds is 5. The average molecular weight is 389 g/mol. The topological polar surface area (TPSA) is 84.8 Å². The minimum Gasteiger partial charge on any atom is -0.497 e. The molecule has 0 saturated heterocycles. The van der Waals surface area contributed by atoms with E-state index in [-0.39, 0.29) is 5.41 Å². The van der Waals surface area contributed by atoms with Crippen molar-refractivity contribution in [1.29, 1.82) is 0 Å². The predicted octanol–water partition coefficient (Wildman–Crippen LogP) is 3.27. The van der Waals surface area contributed by atoms with Crippen LogP contribution in [0.5, 0.6) is 11.5 Å². The molecular weight excluding hydrogens is 366 g/mol. The second-order valence-corrected chi connectivity index (χ2v) is 6.97. The number of aliphatic imine (C=N–C) groups is 1. The lowest BCUT2D eigenvalue weighted by Gasteiger charge is -2.29. The van der Waals surface area contributed by atoms with Crippen LogP contribution in [0.2, 0.25) is 0 Å². The lowest BCUT2D eigenvalue weighted by molar-refractivity contribution is 0.414. The first-order chi connectivity index (χ1) is 14.1. The van der Waals surface area contributed by atoms with Gasteiger partial charge in [-0.15, -0.1) is 0 Å². The Kier molecular flexibility index (Phi) is 4.80. The molecule has 7 heteroatoms. The lowest BCUT2D eigenvalue weighted by Crippen LogP contribution is -2.38. The van der Waals surface area contributed by atoms with Crippen LogP contribution in [-0.2, 0) is 5.41 Å². The van der Waals surface area contributed by atoms with E-state index >= 15 is 0 Å². The molecule has 1 fully saturated rings. The number of hydrazone groups is 2. The van der Waals surface area contributed by atoms with E-state index in [4.69, 9.17) is 20.4 Å². The maximum atomic E-state index is 5.85. The number of hydrogen-bond donors (Lipinski definition) is 1. The van der Waals surface area contributed by atoms with Crippen molar-refractivity contribution in [3.8, 4) is 11.5 Å². The van der Waals surface area contributed by atoms with Gasteiger partial charge in [-0.1, -0.05) is 30.8 Å². The summed E-state index contributed by atoms with van der Waals surface area (Å²) in [6, 6.07) is 15.6. The molecule has 0 spiro atoms. The first-order valence-corrected chi connectivity index (χ1v) is 9.30. The zero-order valence-electron chi connectivity index (χ0n) is 16.5. The molecule has 1 aliphatic heterocycles. The number of ether oxygens (including phenoxy) is 2. The first-order valence-electron chi connectivity index (χ1n) is 9.30. The van der Waals surface area contributed by atoms with E-state index in [2.05, 4.69) is 16.7 Å². The van der Waals surface area contributed by atoms with Gasteiger partial charge in [0.15, 0.2) is 5.84 Å². The van der Waals surface area contributed by atoms with E-state index in [0.717, 1.165) is 35.5 Å². The molecule has 148 valence electrons. The fourth-order valence-corrected chi connectivity index (χ4v) is 3.52. The molecule has 2 aliphatic rings. The van der Waals surface area contributed by atoms with Crippen molar-refractivity contribution in [2.24, 2.45) is 21.0 Å². The largest absolute Gasteiger partial charge is 0.497 e. The Labute approximate surface area is 169 Å². The normalized spacial score (nSPS) is 17.7. The van der Waals surface area contributed by atoms with E-state index in [9.17, 15) is 0 Å². The molecule has 29 heavy (non-hydrogen) atoms. The fraction of sp³-hybridized carbons (Fsp3) is 0.227. The highest BCUT2D eigenvalue weighted by Gasteiger charge is 2.52. The van der Waals surface area contributed by atoms with Crippen LogP contribution in [0.1, 0.15) is 24.0 Å². The van der Waals surface area contributed by atoms with Gasteiger partial charge in [0.1, 0.15) is 23.0 Å². The van der Waals surface area contributed by atoms with Gasteiger partial charge in [0.2, 0.25) is 0 Å². The highest BCUT2D eigenvalue weighted by Crippen LogP contribution is 2.51. The van der Waals surface area contributed by atoms with Crippen LogP contribution in [-0.4, -0.2) is 37.0 Å². The standard InChI is InChI=1S/C22H23N5O2/c1-15-24-14-20(16-5-4-6-19(13-16)29-3)26-27(15)21(25-23)22(11-12-22)17-7-9-18(28-2)10-8-17/h4-10,13-14H,1,11-12,23H2,2-3H3/b25-21-. The van der Waals surface area contributed by atoms with Gasteiger partial charge >= 0.3 is 0 Å². The lowest BCUT2D eigenvalue weighted by atomic mass is 9.94. The molecule has 1 heterocycles. The van der Waals surface area contributed by atoms with Crippen molar-refractivity contribution in [3.05, 3.63) is 72.1 Å². The number of methoxy groups -OCH3 is 2. The second kappa shape index (κ2) is 7.43. The number of nitrogens with two attached hydrogens (primary N) is 1. The van der Waals surface area contributed by atoms with Crippen LogP contribution in [0.15, 0.2) is 76.1 Å². The Hall–Kier alpha value is -3.61. The fourth-order valence-electron chi connectivity index (χ4n) is 3.52. The summed E-state index contributed by atoms with van der Waals surface area (Å²) in [6.45, 7) is 4.03. The molecule has 1 aliphatic carbocycles. The van der Waals surface area contributed by atoms with Gasteiger partial charge in [-0.25, -0.2) is 4.99 Å². The minimum atomic E-state index is -0.306. The molecular formula is C22H23N5O2. The summed E-state index contributed by atoms with van der Waals surface area (Å²) in [5, 5.41) is 10.5. The summed E-state index contributed by atoms with van der Waals surface area (Å²) in [7, 11) is 3.29. The Balaban J connectivity index is 1.70. The Morgan fingerprint density at radius 3 is 2.45 bits per heavy atom. The Morgan fingerprint density at radius 2 is 1.83 bits per heavy atom. The second-order valence-electron chi connectivity index (χ2n) is 6.97. The van der Waals surface area contributed by atoms with E-state index < -0.39 is 0 Å². The monoisotopic (exact) mass is 389 g/mol. The van der Waals surface area contributed by atoms with Crippen LogP contribution in [0.3, 0.4) is 0 Å². The minimum absolute atomic E-state index is 0.306. The quantitative estimate of drug-likeness (QED) is 0.368. The van der Waals surface area contributed by atoms with Gasteiger partial charge in [-0.3, -0.25) is 0 Å². The molecule has 0 radical (unpaired) electrons. The zero-order valence-corrected chi connectivity index (χ0v) is 16.5. The van der Waals surface area contributed by atoms with Gasteiger partial charge in [-0.05, 0) is 42.7 Å².